The molecule has 0 aromatic rings. The van der Waals surface area contributed by atoms with Crippen LogP contribution >= 0.6 is 0 Å². The van der Waals surface area contributed by atoms with E-state index in [1.54, 1.807) is 0 Å². The number of hydrogen-bond acceptors (Lipinski definition) is 1. The number of unbranched alkanes of at least 4 members (excludes halogenated alkanes) is 1. The van der Waals surface area contributed by atoms with Crippen molar-refractivity contribution in [3.05, 3.63) is 0 Å². The van der Waals surface area contributed by atoms with Crippen molar-refractivity contribution in [2.24, 2.45) is 5.92 Å². The predicted molar refractivity (Wildman–Crippen MR) is 40.5 cm³/mol. The maximum absolute atomic E-state index is 3.38. The molecule has 54 valence electrons. The van der Waals surface area contributed by atoms with E-state index in [1.165, 1.54) is 38.8 Å². The van der Waals surface area contributed by atoms with Gasteiger partial charge in [0.1, 0.15) is 0 Å². The summed E-state index contributed by atoms with van der Waals surface area (Å²) >= 11 is 0. The second-order valence-electron chi connectivity index (χ2n) is 3.00. The van der Waals surface area contributed by atoms with Crippen molar-refractivity contribution in [3.63, 3.8) is 0 Å². The third-order valence-electron chi connectivity index (χ3n) is 2.13. The summed E-state index contributed by atoms with van der Waals surface area (Å²) in [5.74, 6) is 1.00. The first-order valence-corrected chi connectivity index (χ1v) is 4.14. The molecule has 1 nitrogen and oxygen atoms in total. The van der Waals surface area contributed by atoms with Crippen LogP contribution in [0.4, 0.5) is 0 Å². The molecule has 1 fully saturated rings. The molecule has 0 spiro atoms. The van der Waals surface area contributed by atoms with Gasteiger partial charge >= 0.3 is 0 Å². The van der Waals surface area contributed by atoms with Crippen LogP contribution in [0.15, 0.2) is 0 Å². The van der Waals surface area contributed by atoms with Gasteiger partial charge in [-0.15, -0.1) is 0 Å². The molecule has 9 heavy (non-hydrogen) atoms. The Bertz CT molecular complexity index is 65.0. The van der Waals surface area contributed by atoms with E-state index in [2.05, 4.69) is 12.2 Å². The lowest BCUT2D eigenvalue weighted by Crippen LogP contribution is -2.08. The molecule has 1 aliphatic rings. The second kappa shape index (κ2) is 3.89. The van der Waals surface area contributed by atoms with Gasteiger partial charge in [-0.3, -0.25) is 0 Å². The normalized spacial score (nSPS) is 27.0. The lowest BCUT2D eigenvalue weighted by atomic mass is 10.0. The zero-order chi connectivity index (χ0) is 6.53. The predicted octanol–water partition coefficient (Wildman–Crippen LogP) is 1.79. The number of rotatable bonds is 3. The Morgan fingerprint density at radius 1 is 1.56 bits per heavy atom. The molecule has 0 aromatic carbocycles. The Kier molecular flexibility index (Phi) is 3.05. The fraction of sp³-hybridized carbons (Fsp3) is 1.00. The van der Waals surface area contributed by atoms with Gasteiger partial charge in [-0.1, -0.05) is 19.8 Å². The molecule has 1 atom stereocenters. The van der Waals surface area contributed by atoms with Crippen molar-refractivity contribution in [1.29, 1.82) is 0 Å². The molecular formula is C8H17N. The molecule has 0 aliphatic carbocycles. The highest BCUT2D eigenvalue weighted by atomic mass is 14.9. The third-order valence-corrected chi connectivity index (χ3v) is 2.13. The Balaban J connectivity index is 1.98. The minimum Gasteiger partial charge on any atom is -0.316 e. The smallest absolute Gasteiger partial charge is 0.00200 e. The van der Waals surface area contributed by atoms with Crippen molar-refractivity contribution in [2.75, 3.05) is 13.1 Å². The van der Waals surface area contributed by atoms with Gasteiger partial charge in [0.05, 0.1) is 0 Å². The minimum absolute atomic E-state index is 1.00. The van der Waals surface area contributed by atoms with Gasteiger partial charge < -0.3 is 5.32 Å². The van der Waals surface area contributed by atoms with E-state index in [-0.39, 0.29) is 0 Å². The first kappa shape index (κ1) is 7.07. The summed E-state index contributed by atoms with van der Waals surface area (Å²) in [6, 6.07) is 0. The highest BCUT2D eigenvalue weighted by Gasteiger charge is 2.12. The molecule has 0 bridgehead atoms. The standard InChI is InChI=1S/C8H17N/c1-2-3-4-8-5-6-9-7-8/h8-9H,2-7H2,1H3/t8-/m0/s1. The van der Waals surface area contributed by atoms with Crippen molar-refractivity contribution < 1.29 is 0 Å². The van der Waals surface area contributed by atoms with Gasteiger partial charge in [-0.2, -0.15) is 0 Å². The zero-order valence-corrected chi connectivity index (χ0v) is 6.32. The SMILES string of the molecule is CCCC[C@H]1CCNC1. The summed E-state index contributed by atoms with van der Waals surface area (Å²) in [6.07, 6.45) is 5.65. The second-order valence-corrected chi connectivity index (χ2v) is 3.00. The van der Waals surface area contributed by atoms with Crippen LogP contribution in [-0.2, 0) is 0 Å². The topological polar surface area (TPSA) is 12.0 Å². The first-order chi connectivity index (χ1) is 4.43. The van der Waals surface area contributed by atoms with E-state index in [0.29, 0.717) is 0 Å². The van der Waals surface area contributed by atoms with E-state index in [9.17, 15) is 0 Å². The highest BCUT2D eigenvalue weighted by molar-refractivity contribution is 4.70. The van der Waals surface area contributed by atoms with Gasteiger partial charge in [-0.25, -0.2) is 0 Å². The average molecular weight is 127 g/mol. The minimum atomic E-state index is 1.00. The summed E-state index contributed by atoms with van der Waals surface area (Å²) in [7, 11) is 0. The molecular weight excluding hydrogens is 110 g/mol. The van der Waals surface area contributed by atoms with Crippen LogP contribution in [-0.4, -0.2) is 13.1 Å². The summed E-state index contributed by atoms with van der Waals surface area (Å²) in [5.41, 5.74) is 0. The van der Waals surface area contributed by atoms with Crippen LogP contribution in [0.5, 0.6) is 0 Å². The van der Waals surface area contributed by atoms with Crippen LogP contribution in [0.25, 0.3) is 0 Å². The monoisotopic (exact) mass is 127 g/mol. The van der Waals surface area contributed by atoms with Gasteiger partial charge in [0.25, 0.3) is 0 Å². The van der Waals surface area contributed by atoms with Gasteiger partial charge in [-0.05, 0) is 31.8 Å². The Labute approximate surface area is 57.8 Å². The molecule has 1 aliphatic heterocycles. The number of nitrogens with one attached hydrogen (secondary N) is 1. The molecule has 1 rings (SSSR count). The summed E-state index contributed by atoms with van der Waals surface area (Å²) in [6.45, 7) is 4.80. The van der Waals surface area contributed by atoms with Crippen molar-refractivity contribution in [3.8, 4) is 0 Å². The van der Waals surface area contributed by atoms with E-state index >= 15 is 0 Å². The molecule has 0 radical (unpaired) electrons. The average Bonchev–Trinajstić information content (AvgIpc) is 2.34. The van der Waals surface area contributed by atoms with Crippen molar-refractivity contribution >= 4 is 0 Å². The Hall–Kier alpha value is -0.0400. The first-order valence-electron chi connectivity index (χ1n) is 4.14. The number of hydrogen-bond donors (Lipinski definition) is 1. The van der Waals surface area contributed by atoms with E-state index in [0.717, 1.165) is 5.92 Å². The summed E-state index contributed by atoms with van der Waals surface area (Å²) in [4.78, 5) is 0. The summed E-state index contributed by atoms with van der Waals surface area (Å²) < 4.78 is 0. The summed E-state index contributed by atoms with van der Waals surface area (Å²) in [5, 5.41) is 3.38. The molecule has 1 N–H and O–H groups in total. The third kappa shape index (κ3) is 2.35. The maximum Gasteiger partial charge on any atom is -0.00200 e. The quantitative estimate of drug-likeness (QED) is 0.609. The fourth-order valence-corrected chi connectivity index (χ4v) is 1.45. The Morgan fingerprint density at radius 2 is 2.44 bits per heavy atom. The zero-order valence-electron chi connectivity index (χ0n) is 6.32. The van der Waals surface area contributed by atoms with Gasteiger partial charge in [0.2, 0.25) is 0 Å². The van der Waals surface area contributed by atoms with Crippen molar-refractivity contribution in [1.82, 2.24) is 5.32 Å². The Morgan fingerprint density at radius 3 is 3.00 bits per heavy atom. The van der Waals surface area contributed by atoms with Crippen LogP contribution in [0.2, 0.25) is 0 Å². The molecule has 1 heteroatoms. The van der Waals surface area contributed by atoms with Gasteiger partial charge in [0, 0.05) is 0 Å². The molecule has 1 saturated heterocycles. The molecule has 1 heterocycles. The van der Waals surface area contributed by atoms with Crippen LogP contribution in [0.3, 0.4) is 0 Å². The van der Waals surface area contributed by atoms with Crippen LogP contribution in [0, 0.1) is 5.92 Å². The van der Waals surface area contributed by atoms with Gasteiger partial charge in [0.15, 0.2) is 0 Å². The van der Waals surface area contributed by atoms with E-state index in [4.69, 9.17) is 0 Å². The molecule has 0 aromatic heterocycles. The molecule has 0 saturated carbocycles. The lowest BCUT2D eigenvalue weighted by molar-refractivity contribution is 0.505. The van der Waals surface area contributed by atoms with Crippen molar-refractivity contribution in [2.45, 2.75) is 32.6 Å². The molecule has 0 amide bonds. The lowest BCUT2D eigenvalue weighted by Gasteiger charge is -2.04. The maximum atomic E-state index is 3.38. The highest BCUT2D eigenvalue weighted by Crippen LogP contribution is 2.14. The van der Waals surface area contributed by atoms with Crippen LogP contribution < -0.4 is 5.32 Å². The van der Waals surface area contributed by atoms with E-state index in [1.807, 2.05) is 0 Å². The van der Waals surface area contributed by atoms with Crippen LogP contribution in [0.1, 0.15) is 32.6 Å². The molecule has 0 unspecified atom stereocenters. The largest absolute Gasteiger partial charge is 0.316 e. The fourth-order valence-electron chi connectivity index (χ4n) is 1.45. The van der Waals surface area contributed by atoms with E-state index < -0.39 is 0 Å².